The van der Waals surface area contributed by atoms with E-state index in [2.05, 4.69) is 5.32 Å². The first-order chi connectivity index (χ1) is 12.8. The summed E-state index contributed by atoms with van der Waals surface area (Å²) in [4.78, 5) is 23.0. The van der Waals surface area contributed by atoms with E-state index < -0.39 is 16.4 Å². The van der Waals surface area contributed by atoms with Gasteiger partial charge in [-0.15, -0.1) is 0 Å². The number of benzene rings is 2. The number of ether oxygens (including phenoxy) is 1. The van der Waals surface area contributed by atoms with Crippen LogP contribution in [0.1, 0.15) is 34.3 Å². The van der Waals surface area contributed by atoms with Gasteiger partial charge in [0.2, 0.25) is 0 Å². The molecule has 2 aromatic rings. The Balaban J connectivity index is 1.83. The SMILES string of the molecule is COc1ccc2c(c1)CCCC2(O)CNC(=O)c1cc(Cl)ccc1[N+](=O)[O-]. The van der Waals surface area contributed by atoms with Crippen molar-refractivity contribution in [2.45, 2.75) is 24.9 Å². The minimum atomic E-state index is -1.25. The molecule has 0 heterocycles. The van der Waals surface area contributed by atoms with Gasteiger partial charge < -0.3 is 15.2 Å². The number of carbonyl (C=O) groups is 1. The quantitative estimate of drug-likeness (QED) is 0.603. The molecule has 0 aliphatic heterocycles. The van der Waals surface area contributed by atoms with Gasteiger partial charge >= 0.3 is 0 Å². The van der Waals surface area contributed by atoms with Crippen LogP contribution < -0.4 is 10.1 Å². The largest absolute Gasteiger partial charge is 0.497 e. The molecular formula is C19H19ClN2O5. The number of halogens is 1. The normalized spacial score (nSPS) is 18.5. The highest BCUT2D eigenvalue weighted by Gasteiger charge is 2.35. The smallest absolute Gasteiger partial charge is 0.282 e. The van der Waals surface area contributed by atoms with Crippen molar-refractivity contribution in [2.24, 2.45) is 0 Å². The lowest BCUT2D eigenvalue weighted by Crippen LogP contribution is -2.43. The Morgan fingerprint density at radius 2 is 2.15 bits per heavy atom. The van der Waals surface area contributed by atoms with E-state index in [1.54, 1.807) is 19.2 Å². The van der Waals surface area contributed by atoms with Crippen LogP contribution >= 0.6 is 11.6 Å². The lowest BCUT2D eigenvalue weighted by Gasteiger charge is -2.34. The van der Waals surface area contributed by atoms with Gasteiger partial charge in [0.25, 0.3) is 11.6 Å². The molecule has 0 fully saturated rings. The summed E-state index contributed by atoms with van der Waals surface area (Å²) >= 11 is 5.87. The highest BCUT2D eigenvalue weighted by atomic mass is 35.5. The molecule has 0 bridgehead atoms. The molecule has 1 atom stereocenters. The topological polar surface area (TPSA) is 102 Å². The summed E-state index contributed by atoms with van der Waals surface area (Å²) in [7, 11) is 1.58. The molecule has 7 nitrogen and oxygen atoms in total. The summed E-state index contributed by atoms with van der Waals surface area (Å²) in [5.41, 5.74) is -0.0239. The maximum atomic E-state index is 12.5. The van der Waals surface area contributed by atoms with Crippen molar-refractivity contribution in [1.82, 2.24) is 5.32 Å². The Morgan fingerprint density at radius 3 is 2.85 bits per heavy atom. The Morgan fingerprint density at radius 1 is 1.37 bits per heavy atom. The second-order valence-corrected chi connectivity index (χ2v) is 6.95. The number of methoxy groups -OCH3 is 1. The number of amides is 1. The fraction of sp³-hybridized carbons (Fsp3) is 0.316. The van der Waals surface area contributed by atoms with Crippen molar-refractivity contribution in [3.05, 3.63) is 68.2 Å². The average molecular weight is 391 g/mol. The van der Waals surface area contributed by atoms with Crippen molar-refractivity contribution in [3.63, 3.8) is 0 Å². The number of hydrogen-bond acceptors (Lipinski definition) is 5. The highest BCUT2D eigenvalue weighted by Crippen LogP contribution is 2.36. The van der Waals surface area contributed by atoms with E-state index in [1.807, 2.05) is 6.07 Å². The lowest BCUT2D eigenvalue weighted by molar-refractivity contribution is -0.385. The fourth-order valence-electron chi connectivity index (χ4n) is 3.42. The first-order valence-corrected chi connectivity index (χ1v) is 8.84. The minimum Gasteiger partial charge on any atom is -0.497 e. The summed E-state index contributed by atoms with van der Waals surface area (Å²) in [5.74, 6) is 0.0508. The Labute approximate surface area is 161 Å². The molecule has 27 heavy (non-hydrogen) atoms. The molecule has 2 aromatic carbocycles. The van der Waals surface area contributed by atoms with Crippen LogP contribution in [0.15, 0.2) is 36.4 Å². The molecule has 1 aliphatic rings. The zero-order chi connectivity index (χ0) is 19.6. The van der Waals surface area contributed by atoms with Gasteiger partial charge in [-0.05, 0) is 54.7 Å². The third-order valence-corrected chi connectivity index (χ3v) is 5.03. The van der Waals surface area contributed by atoms with Gasteiger partial charge in [0, 0.05) is 11.1 Å². The number of carbonyl (C=O) groups excluding carboxylic acids is 1. The summed E-state index contributed by atoms with van der Waals surface area (Å²) in [6, 6.07) is 9.23. The van der Waals surface area contributed by atoms with Crippen LogP contribution in [0, 0.1) is 10.1 Å². The van der Waals surface area contributed by atoms with E-state index in [9.17, 15) is 20.0 Å². The number of aliphatic hydroxyl groups is 1. The molecule has 8 heteroatoms. The number of nitrogens with zero attached hydrogens (tertiary/aromatic N) is 1. The second-order valence-electron chi connectivity index (χ2n) is 6.51. The van der Waals surface area contributed by atoms with Gasteiger partial charge in [0.1, 0.15) is 16.9 Å². The zero-order valence-corrected chi connectivity index (χ0v) is 15.5. The molecule has 1 unspecified atom stereocenters. The zero-order valence-electron chi connectivity index (χ0n) is 14.7. The molecule has 0 saturated heterocycles. The van der Waals surface area contributed by atoms with E-state index in [1.165, 1.54) is 18.2 Å². The monoisotopic (exact) mass is 390 g/mol. The second kappa shape index (κ2) is 7.54. The number of nitro benzene ring substituents is 1. The molecular weight excluding hydrogens is 372 g/mol. The number of rotatable bonds is 5. The highest BCUT2D eigenvalue weighted by molar-refractivity contribution is 6.31. The number of nitro groups is 1. The Kier molecular flexibility index (Phi) is 5.34. The van der Waals surface area contributed by atoms with Gasteiger partial charge in [-0.25, -0.2) is 0 Å². The van der Waals surface area contributed by atoms with Gasteiger partial charge in [-0.2, -0.15) is 0 Å². The van der Waals surface area contributed by atoms with Gasteiger partial charge in [0.05, 0.1) is 18.6 Å². The van der Waals surface area contributed by atoms with Crippen molar-refractivity contribution in [2.75, 3.05) is 13.7 Å². The van der Waals surface area contributed by atoms with Crippen LogP contribution in [-0.4, -0.2) is 29.6 Å². The standard InChI is InChI=1S/C19H19ClN2O5/c1-27-14-5-6-16-12(9-14)3-2-8-19(16,24)11-21-18(23)15-10-13(20)4-7-17(15)22(25)26/h4-7,9-10,24H,2-3,8,11H2,1H3,(H,21,23). The summed E-state index contributed by atoms with van der Waals surface area (Å²) in [6.07, 6.45) is 2.04. The molecule has 1 aliphatic carbocycles. The maximum absolute atomic E-state index is 12.5. The summed E-state index contributed by atoms with van der Waals surface area (Å²) in [5, 5.41) is 25.1. The van der Waals surface area contributed by atoms with E-state index in [0.29, 0.717) is 12.2 Å². The fourth-order valence-corrected chi connectivity index (χ4v) is 3.59. The van der Waals surface area contributed by atoms with Crippen LogP contribution in [-0.2, 0) is 12.0 Å². The summed E-state index contributed by atoms with van der Waals surface area (Å²) in [6.45, 7) is -0.0607. The van der Waals surface area contributed by atoms with E-state index in [-0.39, 0.29) is 22.8 Å². The summed E-state index contributed by atoms with van der Waals surface area (Å²) < 4.78 is 5.22. The molecule has 3 rings (SSSR count). The van der Waals surface area contributed by atoms with E-state index in [4.69, 9.17) is 16.3 Å². The maximum Gasteiger partial charge on any atom is 0.282 e. The average Bonchev–Trinajstić information content (AvgIpc) is 2.65. The van der Waals surface area contributed by atoms with Crippen LogP contribution in [0.4, 0.5) is 5.69 Å². The molecule has 0 saturated carbocycles. The first kappa shape index (κ1) is 19.1. The minimum absolute atomic E-state index is 0.0607. The number of hydrogen-bond donors (Lipinski definition) is 2. The predicted octanol–water partition coefficient (Wildman–Crippen LogP) is 3.21. The van der Waals surface area contributed by atoms with Crippen molar-refractivity contribution in [1.29, 1.82) is 0 Å². The molecule has 0 radical (unpaired) electrons. The van der Waals surface area contributed by atoms with Gasteiger partial charge in [0.15, 0.2) is 0 Å². The molecule has 1 amide bonds. The van der Waals surface area contributed by atoms with Crippen LogP contribution in [0.2, 0.25) is 5.02 Å². The van der Waals surface area contributed by atoms with Crippen LogP contribution in [0.5, 0.6) is 5.75 Å². The molecule has 2 N–H and O–H groups in total. The molecule has 0 aromatic heterocycles. The predicted molar refractivity (Wildman–Crippen MR) is 100 cm³/mol. The Hall–Kier alpha value is -2.64. The van der Waals surface area contributed by atoms with Crippen molar-refractivity contribution >= 4 is 23.2 Å². The van der Waals surface area contributed by atoms with Crippen molar-refractivity contribution < 1.29 is 19.6 Å². The van der Waals surface area contributed by atoms with Crippen LogP contribution in [0.25, 0.3) is 0 Å². The molecule has 142 valence electrons. The van der Waals surface area contributed by atoms with Crippen molar-refractivity contribution in [3.8, 4) is 5.75 Å². The number of fused-ring (bicyclic) bond motifs is 1. The number of aryl methyl sites for hydroxylation is 1. The molecule has 0 spiro atoms. The van der Waals surface area contributed by atoms with Crippen LogP contribution in [0.3, 0.4) is 0 Å². The lowest BCUT2D eigenvalue weighted by atomic mass is 9.79. The third kappa shape index (κ3) is 3.89. The first-order valence-electron chi connectivity index (χ1n) is 8.46. The van der Waals surface area contributed by atoms with Gasteiger partial charge in [-0.3, -0.25) is 14.9 Å². The van der Waals surface area contributed by atoms with E-state index >= 15 is 0 Å². The number of nitrogens with one attached hydrogen (secondary N) is 1. The van der Waals surface area contributed by atoms with E-state index in [0.717, 1.165) is 24.0 Å². The third-order valence-electron chi connectivity index (χ3n) is 4.79. The Bertz CT molecular complexity index is 902. The van der Waals surface area contributed by atoms with Gasteiger partial charge in [-0.1, -0.05) is 17.7 Å².